The van der Waals surface area contributed by atoms with Crippen molar-refractivity contribution in [1.82, 2.24) is 5.32 Å². The van der Waals surface area contributed by atoms with Crippen LogP contribution in [0.2, 0.25) is 0 Å². The van der Waals surface area contributed by atoms with Crippen LogP contribution in [-0.4, -0.2) is 68.5 Å². The Labute approximate surface area is 332 Å². The van der Waals surface area contributed by atoms with E-state index in [4.69, 9.17) is 9.05 Å². The van der Waals surface area contributed by atoms with E-state index in [1.807, 2.05) is 21.1 Å². The van der Waals surface area contributed by atoms with Gasteiger partial charge >= 0.3 is 0 Å². The monoisotopic (exact) mass is 777 g/mol. The molecular formula is C45H81N2O6P. The van der Waals surface area contributed by atoms with E-state index in [2.05, 4.69) is 92.1 Å². The van der Waals surface area contributed by atoms with Gasteiger partial charge in [-0.15, -0.1) is 0 Å². The number of nitrogens with one attached hydrogen (secondary N) is 1. The van der Waals surface area contributed by atoms with E-state index in [0.717, 1.165) is 89.9 Å². The largest absolute Gasteiger partial charge is 0.756 e. The number of hydrogen-bond donors (Lipinski definition) is 2. The van der Waals surface area contributed by atoms with Crippen LogP contribution in [0.1, 0.15) is 155 Å². The first-order valence-electron chi connectivity index (χ1n) is 21.3. The summed E-state index contributed by atoms with van der Waals surface area (Å²) in [6.07, 6.45) is 47.7. The number of phosphoric ester groups is 1. The average Bonchev–Trinajstić information content (AvgIpc) is 3.12. The van der Waals surface area contributed by atoms with Crippen LogP contribution in [0.5, 0.6) is 0 Å². The molecule has 54 heavy (non-hydrogen) atoms. The van der Waals surface area contributed by atoms with Crippen LogP contribution in [0.4, 0.5) is 0 Å². The van der Waals surface area contributed by atoms with Crippen LogP contribution >= 0.6 is 7.82 Å². The van der Waals surface area contributed by atoms with Crippen molar-refractivity contribution in [1.29, 1.82) is 0 Å². The van der Waals surface area contributed by atoms with Gasteiger partial charge in [0.15, 0.2) is 0 Å². The maximum Gasteiger partial charge on any atom is 0.268 e. The molecule has 2 N–H and O–H groups in total. The number of quaternary nitrogens is 1. The molecule has 312 valence electrons. The number of rotatable bonds is 37. The van der Waals surface area contributed by atoms with E-state index in [1.165, 1.54) is 38.5 Å². The summed E-state index contributed by atoms with van der Waals surface area (Å²) in [5.41, 5.74) is 0. The zero-order chi connectivity index (χ0) is 40.0. The number of amides is 1. The molecule has 0 aliphatic rings. The molecular weight excluding hydrogens is 695 g/mol. The number of unbranched alkanes of at least 4 members (excludes halogenated alkanes) is 12. The molecule has 1 amide bonds. The summed E-state index contributed by atoms with van der Waals surface area (Å²) >= 11 is 0. The number of aliphatic hydroxyl groups excluding tert-OH is 1. The van der Waals surface area contributed by atoms with Gasteiger partial charge < -0.3 is 28.8 Å². The van der Waals surface area contributed by atoms with Crippen molar-refractivity contribution in [2.24, 2.45) is 0 Å². The summed E-state index contributed by atoms with van der Waals surface area (Å²) in [4.78, 5) is 25.2. The molecule has 0 saturated heterocycles. The molecule has 0 aromatic heterocycles. The Kier molecular flexibility index (Phi) is 35.2. The van der Waals surface area contributed by atoms with Crippen LogP contribution in [0.15, 0.2) is 72.9 Å². The molecule has 0 heterocycles. The molecule has 9 heteroatoms. The second-order valence-electron chi connectivity index (χ2n) is 15.3. The number of carbonyl (C=O) groups is 1. The van der Waals surface area contributed by atoms with E-state index in [1.54, 1.807) is 0 Å². The number of allylic oxidation sites excluding steroid dienone is 12. The second-order valence-corrected chi connectivity index (χ2v) is 16.7. The lowest BCUT2D eigenvalue weighted by atomic mass is 10.0. The Morgan fingerprint density at radius 2 is 1.13 bits per heavy atom. The van der Waals surface area contributed by atoms with Crippen molar-refractivity contribution in [2.75, 3.05) is 40.9 Å². The minimum Gasteiger partial charge on any atom is -0.756 e. The molecule has 8 nitrogen and oxygen atoms in total. The first-order valence-corrected chi connectivity index (χ1v) is 22.7. The van der Waals surface area contributed by atoms with Gasteiger partial charge in [0.1, 0.15) is 13.2 Å². The number of aliphatic hydroxyl groups is 1. The van der Waals surface area contributed by atoms with E-state index < -0.39 is 20.0 Å². The Hall–Kier alpha value is -2.06. The smallest absolute Gasteiger partial charge is 0.268 e. The van der Waals surface area contributed by atoms with Gasteiger partial charge in [0.25, 0.3) is 7.82 Å². The molecule has 0 bridgehead atoms. The first kappa shape index (κ1) is 51.9. The molecule has 0 fully saturated rings. The molecule has 0 rings (SSSR count). The third kappa shape index (κ3) is 38.2. The number of phosphoric acid groups is 1. The third-order valence-electron chi connectivity index (χ3n) is 8.96. The van der Waals surface area contributed by atoms with Crippen LogP contribution in [0.25, 0.3) is 0 Å². The average molecular weight is 777 g/mol. The van der Waals surface area contributed by atoms with Crippen LogP contribution in [-0.2, 0) is 18.4 Å². The molecule has 0 aromatic rings. The molecule has 0 aliphatic heterocycles. The highest BCUT2D eigenvalue weighted by molar-refractivity contribution is 7.45. The Morgan fingerprint density at radius 1 is 0.667 bits per heavy atom. The third-order valence-corrected chi connectivity index (χ3v) is 9.92. The summed E-state index contributed by atoms with van der Waals surface area (Å²) in [5, 5.41) is 13.8. The van der Waals surface area contributed by atoms with Gasteiger partial charge in [-0.2, -0.15) is 0 Å². The van der Waals surface area contributed by atoms with E-state index in [-0.39, 0.29) is 19.1 Å². The molecule has 0 aromatic carbocycles. The highest BCUT2D eigenvalue weighted by Crippen LogP contribution is 2.38. The fourth-order valence-electron chi connectivity index (χ4n) is 5.57. The summed E-state index contributed by atoms with van der Waals surface area (Å²) in [7, 11) is 1.27. The van der Waals surface area contributed by atoms with Gasteiger partial charge in [-0.1, -0.05) is 157 Å². The minimum atomic E-state index is -4.57. The summed E-state index contributed by atoms with van der Waals surface area (Å²) in [6, 6.07) is -0.816. The number of carbonyl (C=O) groups excluding carboxylic acids is 1. The van der Waals surface area contributed by atoms with E-state index in [0.29, 0.717) is 23.9 Å². The molecule has 0 saturated carbocycles. The Balaban J connectivity index is 4.36. The van der Waals surface area contributed by atoms with Gasteiger partial charge in [0, 0.05) is 6.42 Å². The van der Waals surface area contributed by atoms with Crippen molar-refractivity contribution in [3.8, 4) is 0 Å². The van der Waals surface area contributed by atoms with Gasteiger partial charge in [-0.3, -0.25) is 9.36 Å². The van der Waals surface area contributed by atoms with E-state index in [9.17, 15) is 19.4 Å². The zero-order valence-electron chi connectivity index (χ0n) is 35.1. The Morgan fingerprint density at radius 3 is 1.65 bits per heavy atom. The van der Waals surface area contributed by atoms with Crippen LogP contribution in [0.3, 0.4) is 0 Å². The lowest BCUT2D eigenvalue weighted by molar-refractivity contribution is -0.870. The van der Waals surface area contributed by atoms with Crippen LogP contribution in [0, 0.1) is 0 Å². The van der Waals surface area contributed by atoms with Gasteiger partial charge in [0.2, 0.25) is 5.91 Å². The normalized spacial score (nSPS) is 15.2. The molecule has 0 aliphatic carbocycles. The maximum atomic E-state index is 12.8. The predicted molar refractivity (Wildman–Crippen MR) is 228 cm³/mol. The lowest BCUT2D eigenvalue weighted by Crippen LogP contribution is -2.46. The molecule has 3 unspecified atom stereocenters. The van der Waals surface area contributed by atoms with E-state index >= 15 is 0 Å². The van der Waals surface area contributed by atoms with Gasteiger partial charge in [-0.25, -0.2) is 0 Å². The summed E-state index contributed by atoms with van der Waals surface area (Å²) in [6.45, 7) is 4.53. The molecule has 0 spiro atoms. The topological polar surface area (TPSA) is 108 Å². The number of likely N-dealkylation sites (N-methyl/N-ethyl adjacent to an activating group) is 1. The number of nitrogens with zero attached hydrogens (tertiary/aromatic N) is 1. The van der Waals surface area contributed by atoms with Gasteiger partial charge in [-0.05, 0) is 64.2 Å². The first-order chi connectivity index (χ1) is 26.0. The van der Waals surface area contributed by atoms with Crippen molar-refractivity contribution in [2.45, 2.75) is 167 Å². The Bertz CT molecular complexity index is 1110. The fraction of sp³-hybridized carbons (Fsp3) is 0.711. The van der Waals surface area contributed by atoms with Crippen molar-refractivity contribution in [3.05, 3.63) is 72.9 Å². The summed E-state index contributed by atoms with van der Waals surface area (Å²) in [5.74, 6) is -0.196. The lowest BCUT2D eigenvalue weighted by Gasteiger charge is -2.30. The SMILES string of the molecule is CC/C=C\C/C=C\C/C=C\C/C=C\C/C=C\C/C=C\CCCCCCC(=O)NC(COP(=O)([O-])OCC[N+](C)(C)C)C(O)CCCCCCCCCCC. The molecule has 3 atom stereocenters. The zero-order valence-corrected chi connectivity index (χ0v) is 36.0. The quantitative estimate of drug-likeness (QED) is 0.0281. The van der Waals surface area contributed by atoms with Gasteiger partial charge in [0.05, 0.1) is 39.9 Å². The predicted octanol–water partition coefficient (Wildman–Crippen LogP) is 11.0. The number of hydrogen-bond acceptors (Lipinski definition) is 6. The second kappa shape index (κ2) is 36.6. The minimum absolute atomic E-state index is 0.00238. The van der Waals surface area contributed by atoms with Crippen molar-refractivity contribution < 1.29 is 32.9 Å². The highest BCUT2D eigenvalue weighted by Gasteiger charge is 2.24. The standard InChI is InChI=1S/C45H81N2O6P/c1-6-8-10-12-14-16-17-18-19-20-21-22-23-24-25-26-27-28-29-31-33-35-37-39-45(49)46-43(42-53-54(50,51)52-41-40-47(3,4)5)44(48)38-36-34-32-30-15-13-11-9-7-2/h8,10,14,16,18-19,21-22,24-25,27-28,43-44,48H,6-7,9,11-13,15,17,20,23,26,29-42H2,1-5H3,(H-,46,49,50,51)/b10-8-,16-14-,19-18-,22-21-,25-24-,28-27-. The summed E-state index contributed by atoms with van der Waals surface area (Å²) < 4.78 is 23.1. The highest BCUT2D eigenvalue weighted by atomic mass is 31.2. The van der Waals surface area contributed by atoms with Crippen LogP contribution < -0.4 is 10.2 Å². The fourth-order valence-corrected chi connectivity index (χ4v) is 6.29. The molecule has 0 radical (unpaired) electrons. The maximum absolute atomic E-state index is 12.8. The van der Waals surface area contributed by atoms with Crippen molar-refractivity contribution >= 4 is 13.7 Å². The van der Waals surface area contributed by atoms with Crippen molar-refractivity contribution in [3.63, 3.8) is 0 Å².